The molecule has 1 aromatic rings. The van der Waals surface area contributed by atoms with Crippen molar-refractivity contribution in [1.82, 2.24) is 10.2 Å². The number of carbonyl (C=O) groups is 1. The van der Waals surface area contributed by atoms with Crippen LogP contribution < -0.4 is 14.8 Å². The quantitative estimate of drug-likeness (QED) is 0.844. The number of fused-ring (bicyclic) bond motifs is 1. The van der Waals surface area contributed by atoms with Crippen molar-refractivity contribution in [1.29, 1.82) is 0 Å². The first-order valence-corrected chi connectivity index (χ1v) is 7.63. The van der Waals surface area contributed by atoms with Gasteiger partial charge >= 0.3 is 0 Å². The van der Waals surface area contributed by atoms with Gasteiger partial charge in [0.15, 0.2) is 11.5 Å². The van der Waals surface area contributed by atoms with Crippen molar-refractivity contribution in [2.24, 2.45) is 0 Å². The summed E-state index contributed by atoms with van der Waals surface area (Å²) in [4.78, 5) is 14.4. The molecule has 1 fully saturated rings. The number of benzene rings is 1. The van der Waals surface area contributed by atoms with E-state index in [2.05, 4.69) is 11.4 Å². The van der Waals surface area contributed by atoms with Crippen LogP contribution in [0.3, 0.4) is 0 Å². The lowest BCUT2D eigenvalue weighted by atomic mass is 10.0. The molecule has 2 aliphatic rings. The molecule has 0 spiro atoms. The Balaban J connectivity index is 1.70. The number of carbonyl (C=O) groups excluding carboxylic acids is 1. The van der Waals surface area contributed by atoms with Gasteiger partial charge in [0.25, 0.3) is 0 Å². The highest BCUT2D eigenvalue weighted by atomic mass is 16.7. The highest BCUT2D eigenvalue weighted by Crippen LogP contribution is 2.39. The summed E-state index contributed by atoms with van der Waals surface area (Å²) in [5.74, 6) is 1.84. The molecule has 1 atom stereocenters. The van der Waals surface area contributed by atoms with Gasteiger partial charge in [-0.25, -0.2) is 0 Å². The van der Waals surface area contributed by atoms with Crippen LogP contribution in [0.2, 0.25) is 0 Å². The highest BCUT2D eigenvalue weighted by molar-refractivity contribution is 5.77. The Bertz CT molecular complexity index is 518. The van der Waals surface area contributed by atoms with E-state index in [4.69, 9.17) is 9.47 Å². The summed E-state index contributed by atoms with van der Waals surface area (Å²) in [7, 11) is 1.91. The molecule has 0 aliphatic carbocycles. The molecule has 5 heteroatoms. The second-order valence-corrected chi connectivity index (χ2v) is 5.56. The lowest BCUT2D eigenvalue weighted by Gasteiger charge is -2.25. The van der Waals surface area contributed by atoms with E-state index >= 15 is 0 Å². The standard InChI is InChI=1S/C16H22N2O3/c1-17-8-2-5-16(19)18-9-3-4-13(18)12-6-7-14-15(10-12)21-11-20-14/h6-7,10,13,17H,2-5,8-9,11H2,1H3. The Hall–Kier alpha value is -1.75. The maximum absolute atomic E-state index is 12.4. The Morgan fingerprint density at radius 2 is 2.24 bits per heavy atom. The minimum atomic E-state index is 0.182. The third-order valence-corrected chi connectivity index (χ3v) is 4.17. The van der Waals surface area contributed by atoms with Crippen molar-refractivity contribution in [3.05, 3.63) is 23.8 Å². The van der Waals surface area contributed by atoms with Gasteiger partial charge in [0.2, 0.25) is 12.7 Å². The van der Waals surface area contributed by atoms with Gasteiger partial charge in [-0.05, 0) is 50.6 Å². The third kappa shape index (κ3) is 2.97. The number of ether oxygens (including phenoxy) is 2. The van der Waals surface area contributed by atoms with Crippen molar-refractivity contribution in [2.75, 3.05) is 26.9 Å². The van der Waals surface area contributed by atoms with Gasteiger partial charge in [0.05, 0.1) is 6.04 Å². The maximum atomic E-state index is 12.4. The van der Waals surface area contributed by atoms with Gasteiger partial charge in [-0.15, -0.1) is 0 Å². The predicted molar refractivity (Wildman–Crippen MR) is 79.4 cm³/mol. The van der Waals surface area contributed by atoms with Crippen molar-refractivity contribution in [3.8, 4) is 11.5 Å². The molecule has 21 heavy (non-hydrogen) atoms. The summed E-state index contributed by atoms with van der Waals surface area (Å²) in [5.41, 5.74) is 1.15. The first-order valence-electron chi connectivity index (χ1n) is 7.63. The molecule has 0 radical (unpaired) electrons. The normalized spacial score (nSPS) is 20.0. The van der Waals surface area contributed by atoms with Crippen molar-refractivity contribution < 1.29 is 14.3 Å². The zero-order valence-corrected chi connectivity index (χ0v) is 12.4. The minimum absolute atomic E-state index is 0.182. The molecule has 0 saturated carbocycles. The Labute approximate surface area is 125 Å². The number of likely N-dealkylation sites (tertiary alicyclic amines) is 1. The number of nitrogens with zero attached hydrogens (tertiary/aromatic N) is 1. The second-order valence-electron chi connectivity index (χ2n) is 5.56. The summed E-state index contributed by atoms with van der Waals surface area (Å²) in [6.45, 7) is 2.03. The largest absolute Gasteiger partial charge is 0.454 e. The maximum Gasteiger partial charge on any atom is 0.231 e. The molecular formula is C16H22N2O3. The molecule has 1 amide bonds. The summed E-state index contributed by atoms with van der Waals surface area (Å²) in [5, 5.41) is 3.08. The molecule has 3 rings (SSSR count). The molecule has 5 nitrogen and oxygen atoms in total. The first kappa shape index (κ1) is 14.2. The highest BCUT2D eigenvalue weighted by Gasteiger charge is 2.30. The van der Waals surface area contributed by atoms with Crippen LogP contribution in [-0.2, 0) is 4.79 Å². The number of rotatable bonds is 5. The summed E-state index contributed by atoms with van der Waals surface area (Å²) < 4.78 is 10.8. The van der Waals surface area contributed by atoms with Gasteiger partial charge in [0, 0.05) is 13.0 Å². The first-order chi connectivity index (χ1) is 10.3. The van der Waals surface area contributed by atoms with E-state index in [0.29, 0.717) is 6.42 Å². The van der Waals surface area contributed by atoms with Crippen LogP contribution in [0.5, 0.6) is 11.5 Å². The molecule has 1 unspecified atom stereocenters. The van der Waals surface area contributed by atoms with Crippen LogP contribution in [0.1, 0.15) is 37.3 Å². The fourth-order valence-electron chi connectivity index (χ4n) is 3.09. The fraction of sp³-hybridized carbons (Fsp3) is 0.562. The number of hydrogen-bond acceptors (Lipinski definition) is 4. The molecule has 1 N–H and O–H groups in total. The molecule has 2 heterocycles. The van der Waals surface area contributed by atoms with E-state index in [9.17, 15) is 4.79 Å². The van der Waals surface area contributed by atoms with Gasteiger partial charge in [-0.2, -0.15) is 0 Å². The molecule has 1 saturated heterocycles. The van der Waals surface area contributed by atoms with E-state index in [1.54, 1.807) is 0 Å². The lowest BCUT2D eigenvalue weighted by Crippen LogP contribution is -2.30. The minimum Gasteiger partial charge on any atom is -0.454 e. The zero-order chi connectivity index (χ0) is 14.7. The summed E-state index contributed by atoms with van der Waals surface area (Å²) >= 11 is 0. The molecule has 2 aliphatic heterocycles. The zero-order valence-electron chi connectivity index (χ0n) is 12.4. The van der Waals surface area contributed by atoms with Gasteiger partial charge < -0.3 is 19.7 Å². The van der Waals surface area contributed by atoms with E-state index < -0.39 is 0 Å². The Morgan fingerprint density at radius 3 is 3.10 bits per heavy atom. The Morgan fingerprint density at radius 1 is 1.38 bits per heavy atom. The second kappa shape index (κ2) is 6.35. The fourth-order valence-corrected chi connectivity index (χ4v) is 3.09. The topological polar surface area (TPSA) is 50.8 Å². The molecule has 1 aromatic carbocycles. The number of hydrogen-bond donors (Lipinski definition) is 1. The average molecular weight is 290 g/mol. The van der Waals surface area contributed by atoms with E-state index in [-0.39, 0.29) is 18.7 Å². The monoisotopic (exact) mass is 290 g/mol. The molecule has 0 aromatic heterocycles. The summed E-state index contributed by atoms with van der Waals surface area (Å²) in [6, 6.07) is 6.20. The van der Waals surface area contributed by atoms with Crippen molar-refractivity contribution in [2.45, 2.75) is 31.7 Å². The molecular weight excluding hydrogens is 268 g/mol. The van der Waals surface area contributed by atoms with Crippen LogP contribution >= 0.6 is 0 Å². The average Bonchev–Trinajstić information content (AvgIpc) is 3.15. The van der Waals surface area contributed by atoms with E-state index in [1.807, 2.05) is 24.1 Å². The van der Waals surface area contributed by atoms with E-state index in [0.717, 1.165) is 49.4 Å². The number of nitrogens with one attached hydrogen (secondary N) is 1. The Kier molecular flexibility index (Phi) is 4.29. The predicted octanol–water partition coefficient (Wildman–Crippen LogP) is 2.08. The molecule has 114 valence electrons. The third-order valence-electron chi connectivity index (χ3n) is 4.17. The molecule has 0 bridgehead atoms. The van der Waals surface area contributed by atoms with Crippen LogP contribution in [0.25, 0.3) is 0 Å². The van der Waals surface area contributed by atoms with E-state index in [1.165, 1.54) is 0 Å². The van der Waals surface area contributed by atoms with Crippen LogP contribution in [0.15, 0.2) is 18.2 Å². The smallest absolute Gasteiger partial charge is 0.231 e. The lowest BCUT2D eigenvalue weighted by molar-refractivity contribution is -0.132. The van der Waals surface area contributed by atoms with Crippen molar-refractivity contribution >= 4 is 5.91 Å². The number of amides is 1. The van der Waals surface area contributed by atoms with Crippen LogP contribution in [-0.4, -0.2) is 37.7 Å². The summed E-state index contributed by atoms with van der Waals surface area (Å²) in [6.07, 6.45) is 3.59. The van der Waals surface area contributed by atoms with Gasteiger partial charge in [0.1, 0.15) is 0 Å². The van der Waals surface area contributed by atoms with Crippen molar-refractivity contribution in [3.63, 3.8) is 0 Å². The van der Waals surface area contributed by atoms with Gasteiger partial charge in [-0.1, -0.05) is 6.07 Å². The van der Waals surface area contributed by atoms with Crippen LogP contribution in [0, 0.1) is 0 Å². The SMILES string of the molecule is CNCCCC(=O)N1CCCC1c1ccc2c(c1)OCO2. The van der Waals surface area contributed by atoms with Crippen LogP contribution in [0.4, 0.5) is 0 Å². The van der Waals surface area contributed by atoms with Gasteiger partial charge in [-0.3, -0.25) is 4.79 Å².